The Morgan fingerprint density at radius 2 is 1.86 bits per heavy atom. The summed E-state index contributed by atoms with van der Waals surface area (Å²) in [6, 6.07) is 14.9. The van der Waals surface area contributed by atoms with Crippen LogP contribution < -0.4 is 15.8 Å². The second kappa shape index (κ2) is 6.90. The molecule has 0 bridgehead atoms. The van der Waals surface area contributed by atoms with Crippen LogP contribution in [0.5, 0.6) is 11.5 Å². The highest BCUT2D eigenvalue weighted by Crippen LogP contribution is 2.29. The van der Waals surface area contributed by atoms with Crippen molar-refractivity contribution in [2.45, 2.75) is 26.3 Å². The van der Waals surface area contributed by atoms with Gasteiger partial charge in [-0.3, -0.25) is 4.79 Å². The third-order valence-electron chi connectivity index (χ3n) is 2.92. The van der Waals surface area contributed by atoms with E-state index in [1.807, 2.05) is 55.5 Å². The Morgan fingerprint density at radius 1 is 1.19 bits per heavy atom. The Balaban J connectivity index is 2.13. The quantitative estimate of drug-likeness (QED) is 0.883. The number of anilines is 1. The highest BCUT2D eigenvalue weighted by molar-refractivity contribution is 5.92. The molecule has 0 aromatic heterocycles. The van der Waals surface area contributed by atoms with E-state index in [4.69, 9.17) is 10.5 Å². The van der Waals surface area contributed by atoms with Crippen LogP contribution in [0.3, 0.4) is 0 Å². The van der Waals surface area contributed by atoms with E-state index in [9.17, 15) is 4.79 Å². The molecule has 2 aromatic carbocycles. The van der Waals surface area contributed by atoms with Gasteiger partial charge in [-0.25, -0.2) is 0 Å². The fourth-order valence-electron chi connectivity index (χ4n) is 1.89. The molecule has 0 aliphatic rings. The number of benzene rings is 2. The lowest BCUT2D eigenvalue weighted by molar-refractivity contribution is -0.116. The van der Waals surface area contributed by atoms with Crippen LogP contribution in [0.2, 0.25) is 0 Å². The first-order valence-corrected chi connectivity index (χ1v) is 6.93. The number of ether oxygens (including phenoxy) is 1. The zero-order valence-corrected chi connectivity index (χ0v) is 12.3. The van der Waals surface area contributed by atoms with Crippen LogP contribution in [0.4, 0.5) is 5.69 Å². The molecular formula is C17H20N2O2. The topological polar surface area (TPSA) is 64.3 Å². The molecule has 2 rings (SSSR count). The second-order valence-corrected chi connectivity index (χ2v) is 5.14. The summed E-state index contributed by atoms with van der Waals surface area (Å²) in [4.78, 5) is 11.8. The molecule has 0 saturated carbocycles. The number of para-hydroxylation sites is 2. The second-order valence-electron chi connectivity index (χ2n) is 5.14. The van der Waals surface area contributed by atoms with Crippen molar-refractivity contribution in [1.82, 2.24) is 0 Å². The minimum Gasteiger partial charge on any atom is -0.455 e. The van der Waals surface area contributed by atoms with E-state index < -0.39 is 0 Å². The van der Waals surface area contributed by atoms with Crippen LogP contribution in [0.25, 0.3) is 0 Å². The number of hydrogen-bond acceptors (Lipinski definition) is 3. The van der Waals surface area contributed by atoms with E-state index in [1.54, 1.807) is 6.92 Å². The first-order valence-electron chi connectivity index (χ1n) is 6.93. The first-order chi connectivity index (χ1) is 10.0. The Kier molecular flexibility index (Phi) is 4.95. The molecule has 0 saturated heterocycles. The number of rotatable bonds is 5. The number of amides is 1. The van der Waals surface area contributed by atoms with Crippen LogP contribution in [-0.2, 0) is 4.79 Å². The van der Waals surface area contributed by atoms with Gasteiger partial charge in [0.1, 0.15) is 5.75 Å². The molecule has 21 heavy (non-hydrogen) atoms. The number of carbonyl (C=O) groups excluding carboxylic acids is 1. The summed E-state index contributed by atoms with van der Waals surface area (Å²) in [6.45, 7) is 3.82. The van der Waals surface area contributed by atoms with Gasteiger partial charge in [0.15, 0.2) is 5.75 Å². The van der Waals surface area contributed by atoms with Gasteiger partial charge in [-0.1, -0.05) is 29.8 Å². The summed E-state index contributed by atoms with van der Waals surface area (Å²) in [5.74, 6) is 1.22. The summed E-state index contributed by atoms with van der Waals surface area (Å²) < 4.78 is 5.82. The Hall–Kier alpha value is -2.33. The minimum absolute atomic E-state index is 0.120. The smallest absolute Gasteiger partial charge is 0.226 e. The van der Waals surface area contributed by atoms with Gasteiger partial charge in [0.25, 0.3) is 0 Å². The molecule has 1 atom stereocenters. The zero-order valence-electron chi connectivity index (χ0n) is 12.3. The average Bonchev–Trinajstić information content (AvgIpc) is 2.42. The Morgan fingerprint density at radius 3 is 2.52 bits per heavy atom. The van der Waals surface area contributed by atoms with E-state index in [-0.39, 0.29) is 18.4 Å². The zero-order chi connectivity index (χ0) is 15.2. The van der Waals surface area contributed by atoms with Crippen molar-refractivity contribution in [2.75, 3.05) is 5.32 Å². The molecule has 3 N–H and O–H groups in total. The molecule has 4 heteroatoms. The minimum atomic E-state index is -0.171. The molecule has 0 aliphatic heterocycles. The van der Waals surface area contributed by atoms with Gasteiger partial charge in [-0.15, -0.1) is 0 Å². The van der Waals surface area contributed by atoms with E-state index in [2.05, 4.69) is 5.32 Å². The molecule has 1 amide bonds. The summed E-state index contributed by atoms with van der Waals surface area (Å²) >= 11 is 0. The van der Waals surface area contributed by atoms with Gasteiger partial charge in [0.05, 0.1) is 5.69 Å². The fraction of sp³-hybridized carbons (Fsp3) is 0.235. The highest BCUT2D eigenvalue weighted by Gasteiger charge is 2.09. The summed E-state index contributed by atoms with van der Waals surface area (Å²) in [7, 11) is 0. The van der Waals surface area contributed by atoms with Crippen LogP contribution in [0.1, 0.15) is 18.9 Å². The highest BCUT2D eigenvalue weighted by atomic mass is 16.5. The van der Waals surface area contributed by atoms with Crippen LogP contribution in [0.15, 0.2) is 48.5 Å². The standard InChI is InChI=1S/C17H20N2O2/c1-12-7-9-14(10-8-12)21-16-6-4-3-5-15(16)19-17(20)11-13(2)18/h3-10,13H,11,18H2,1-2H3,(H,19,20). The van der Waals surface area contributed by atoms with Gasteiger partial charge in [0, 0.05) is 12.5 Å². The largest absolute Gasteiger partial charge is 0.455 e. The molecule has 0 spiro atoms. The van der Waals surface area contributed by atoms with Crippen molar-refractivity contribution in [3.05, 3.63) is 54.1 Å². The number of carbonyl (C=O) groups is 1. The van der Waals surface area contributed by atoms with Gasteiger partial charge in [0.2, 0.25) is 5.91 Å². The average molecular weight is 284 g/mol. The SMILES string of the molecule is Cc1ccc(Oc2ccccc2NC(=O)CC(C)N)cc1. The molecule has 1 unspecified atom stereocenters. The van der Waals surface area contributed by atoms with E-state index in [0.717, 1.165) is 5.75 Å². The fourth-order valence-corrected chi connectivity index (χ4v) is 1.89. The van der Waals surface area contributed by atoms with Gasteiger partial charge in [-0.05, 0) is 38.1 Å². The summed E-state index contributed by atoms with van der Waals surface area (Å²) in [6.07, 6.45) is 0.277. The van der Waals surface area contributed by atoms with Gasteiger partial charge < -0.3 is 15.8 Å². The van der Waals surface area contributed by atoms with Crippen molar-refractivity contribution < 1.29 is 9.53 Å². The van der Waals surface area contributed by atoms with Gasteiger partial charge in [-0.2, -0.15) is 0 Å². The molecular weight excluding hydrogens is 264 g/mol. The Bertz CT molecular complexity index is 606. The third-order valence-corrected chi connectivity index (χ3v) is 2.92. The van der Waals surface area contributed by atoms with Crippen molar-refractivity contribution in [2.24, 2.45) is 5.73 Å². The van der Waals surface area contributed by atoms with E-state index in [1.165, 1.54) is 5.56 Å². The molecule has 110 valence electrons. The third kappa shape index (κ3) is 4.61. The number of aryl methyl sites for hydroxylation is 1. The maximum Gasteiger partial charge on any atom is 0.226 e. The predicted molar refractivity (Wildman–Crippen MR) is 84.6 cm³/mol. The van der Waals surface area contributed by atoms with Crippen LogP contribution in [0, 0.1) is 6.92 Å². The number of hydrogen-bond donors (Lipinski definition) is 2. The maximum atomic E-state index is 11.8. The maximum absolute atomic E-state index is 11.8. The lowest BCUT2D eigenvalue weighted by atomic mass is 10.2. The summed E-state index contributed by atoms with van der Waals surface area (Å²) in [5, 5.41) is 2.83. The number of nitrogens with one attached hydrogen (secondary N) is 1. The van der Waals surface area contributed by atoms with Crippen LogP contribution in [-0.4, -0.2) is 11.9 Å². The molecule has 0 fully saturated rings. The van der Waals surface area contributed by atoms with Gasteiger partial charge >= 0.3 is 0 Å². The normalized spacial score (nSPS) is 11.8. The number of nitrogens with two attached hydrogens (primary N) is 1. The van der Waals surface area contributed by atoms with Crippen molar-refractivity contribution >= 4 is 11.6 Å². The lowest BCUT2D eigenvalue weighted by Gasteiger charge is -2.13. The Labute approximate surface area is 124 Å². The van der Waals surface area contributed by atoms with E-state index >= 15 is 0 Å². The lowest BCUT2D eigenvalue weighted by Crippen LogP contribution is -2.24. The monoisotopic (exact) mass is 284 g/mol. The van der Waals surface area contributed by atoms with E-state index in [0.29, 0.717) is 11.4 Å². The molecule has 0 aliphatic carbocycles. The van der Waals surface area contributed by atoms with Crippen molar-refractivity contribution in [3.63, 3.8) is 0 Å². The predicted octanol–water partition coefficient (Wildman–Crippen LogP) is 3.46. The molecule has 0 radical (unpaired) electrons. The molecule has 2 aromatic rings. The molecule has 0 heterocycles. The van der Waals surface area contributed by atoms with Crippen molar-refractivity contribution in [3.8, 4) is 11.5 Å². The van der Waals surface area contributed by atoms with Crippen molar-refractivity contribution in [1.29, 1.82) is 0 Å². The molecule has 4 nitrogen and oxygen atoms in total. The summed E-state index contributed by atoms with van der Waals surface area (Å²) in [5.41, 5.74) is 7.44. The van der Waals surface area contributed by atoms with Crippen LogP contribution >= 0.6 is 0 Å². The first kappa shape index (κ1) is 15.1.